The zero-order valence-electron chi connectivity index (χ0n) is 22.9. The number of benzene rings is 2. The molecule has 2 saturated heterocycles. The highest BCUT2D eigenvalue weighted by molar-refractivity contribution is 6.05. The highest BCUT2D eigenvalue weighted by Crippen LogP contribution is 2.34. The number of amides is 3. The van der Waals surface area contributed by atoms with Crippen LogP contribution in [-0.2, 0) is 22.7 Å². The smallest absolute Gasteiger partial charge is 0.255 e. The van der Waals surface area contributed by atoms with Gasteiger partial charge in [-0.2, -0.15) is 0 Å². The number of nitrogens with zero attached hydrogens (tertiary/aromatic N) is 4. The number of ether oxygens (including phenoxy) is 1. The molecule has 2 aromatic carbocycles. The first kappa shape index (κ1) is 26.9. The monoisotopic (exact) mass is 557 g/mol. The predicted molar refractivity (Wildman–Crippen MR) is 150 cm³/mol. The summed E-state index contributed by atoms with van der Waals surface area (Å²) in [5, 5.41) is 2.33. The van der Waals surface area contributed by atoms with Gasteiger partial charge < -0.3 is 14.5 Å². The van der Waals surface area contributed by atoms with E-state index in [0.29, 0.717) is 30.0 Å². The van der Waals surface area contributed by atoms with Gasteiger partial charge in [0.1, 0.15) is 18.4 Å². The molecule has 6 rings (SSSR count). The van der Waals surface area contributed by atoms with Gasteiger partial charge >= 0.3 is 0 Å². The summed E-state index contributed by atoms with van der Waals surface area (Å²) in [6.07, 6.45) is 3.43. The topological polar surface area (TPSA) is 95.1 Å². The number of rotatable bonds is 7. The first-order chi connectivity index (χ1) is 19.9. The Bertz CT molecular complexity index is 1470. The van der Waals surface area contributed by atoms with E-state index in [1.165, 1.54) is 16.7 Å². The molecule has 0 spiro atoms. The minimum Gasteiger partial charge on any atom is -0.489 e. The van der Waals surface area contributed by atoms with Gasteiger partial charge in [-0.15, -0.1) is 0 Å². The van der Waals surface area contributed by atoms with Crippen LogP contribution in [0.3, 0.4) is 0 Å². The standard InChI is InChI=1S/C31H32FN5O4/c1-20(35-13-15-36(16-14-35)26-11-12-33-17-25(26)32)22-7-5-21(6-8-22)19-41-28-4-2-3-23-24(28)18-37(31(23)40)27-9-10-29(38)34-30(27)39/h2-8,11-12,17,20,27H,9-10,13-16,18-19H2,1H3,(H,34,38,39)/t20-,27?/m1/s1. The molecule has 2 fully saturated rings. The maximum atomic E-state index is 14.1. The van der Waals surface area contributed by atoms with E-state index in [0.717, 1.165) is 37.3 Å². The number of halogens is 1. The van der Waals surface area contributed by atoms with Crippen molar-refractivity contribution < 1.29 is 23.5 Å². The molecule has 2 atom stereocenters. The zero-order chi connectivity index (χ0) is 28.5. The number of imide groups is 1. The van der Waals surface area contributed by atoms with E-state index in [2.05, 4.69) is 51.3 Å². The maximum absolute atomic E-state index is 14.1. The normalized spacial score (nSPS) is 20.1. The number of piperidine rings is 1. The second kappa shape index (κ2) is 11.3. The molecule has 3 amide bonds. The molecular weight excluding hydrogens is 525 g/mol. The van der Waals surface area contributed by atoms with E-state index < -0.39 is 11.9 Å². The van der Waals surface area contributed by atoms with Crippen molar-refractivity contribution in [1.82, 2.24) is 20.1 Å². The van der Waals surface area contributed by atoms with Crippen molar-refractivity contribution in [1.29, 1.82) is 0 Å². The van der Waals surface area contributed by atoms with E-state index in [1.54, 1.807) is 24.4 Å². The molecule has 0 aliphatic carbocycles. The summed E-state index contributed by atoms with van der Waals surface area (Å²) in [5.74, 6) is -0.619. The number of piperazine rings is 1. The van der Waals surface area contributed by atoms with Crippen molar-refractivity contribution in [2.24, 2.45) is 0 Å². The summed E-state index contributed by atoms with van der Waals surface area (Å²) in [6, 6.07) is 15.0. The minimum absolute atomic E-state index is 0.218. The lowest BCUT2D eigenvalue weighted by molar-refractivity contribution is -0.136. The van der Waals surface area contributed by atoms with Crippen LogP contribution in [0.1, 0.15) is 52.9 Å². The van der Waals surface area contributed by atoms with Crippen LogP contribution in [-0.4, -0.2) is 64.7 Å². The Labute approximate surface area is 237 Å². The molecule has 0 saturated carbocycles. The van der Waals surface area contributed by atoms with Crippen molar-refractivity contribution in [3.05, 3.63) is 89.0 Å². The number of carbonyl (C=O) groups is 3. The van der Waals surface area contributed by atoms with Gasteiger partial charge in [0, 0.05) is 56.0 Å². The lowest BCUT2D eigenvalue weighted by Gasteiger charge is -2.39. The molecule has 41 heavy (non-hydrogen) atoms. The van der Waals surface area contributed by atoms with Crippen LogP contribution in [0.5, 0.6) is 5.75 Å². The second-order valence-electron chi connectivity index (χ2n) is 10.7. The number of hydrogen-bond acceptors (Lipinski definition) is 7. The van der Waals surface area contributed by atoms with Gasteiger partial charge in [-0.25, -0.2) is 4.39 Å². The fourth-order valence-corrected chi connectivity index (χ4v) is 5.93. The summed E-state index contributed by atoms with van der Waals surface area (Å²) < 4.78 is 20.3. The number of nitrogens with one attached hydrogen (secondary N) is 1. The molecule has 1 aromatic heterocycles. The Balaban J connectivity index is 1.06. The molecule has 3 aliphatic heterocycles. The van der Waals surface area contributed by atoms with Crippen LogP contribution in [0.2, 0.25) is 0 Å². The first-order valence-corrected chi connectivity index (χ1v) is 14.0. The number of aromatic nitrogens is 1. The highest BCUT2D eigenvalue weighted by atomic mass is 19.1. The third-order valence-electron chi connectivity index (χ3n) is 8.35. The predicted octanol–water partition coefficient (Wildman–Crippen LogP) is 3.44. The molecule has 9 nitrogen and oxygen atoms in total. The van der Waals surface area contributed by atoms with Crippen molar-refractivity contribution in [2.75, 3.05) is 31.1 Å². The second-order valence-corrected chi connectivity index (χ2v) is 10.7. The van der Waals surface area contributed by atoms with Crippen LogP contribution < -0.4 is 15.0 Å². The van der Waals surface area contributed by atoms with E-state index in [-0.39, 0.29) is 36.6 Å². The summed E-state index contributed by atoms with van der Waals surface area (Å²) in [4.78, 5) is 46.8. The Kier molecular flexibility index (Phi) is 7.40. The van der Waals surface area contributed by atoms with E-state index in [9.17, 15) is 18.8 Å². The molecule has 0 bridgehead atoms. The van der Waals surface area contributed by atoms with Gasteiger partial charge in [0.05, 0.1) is 18.4 Å². The number of hydrogen-bond donors (Lipinski definition) is 1. The van der Waals surface area contributed by atoms with Crippen LogP contribution in [0.15, 0.2) is 60.9 Å². The van der Waals surface area contributed by atoms with Gasteiger partial charge in [0.25, 0.3) is 5.91 Å². The lowest BCUT2D eigenvalue weighted by Crippen LogP contribution is -2.52. The fraction of sp³-hybridized carbons (Fsp3) is 0.355. The van der Waals surface area contributed by atoms with E-state index >= 15 is 0 Å². The molecule has 0 radical (unpaired) electrons. The molecule has 1 N–H and O–H groups in total. The molecule has 3 aromatic rings. The van der Waals surface area contributed by atoms with Crippen molar-refractivity contribution in [3.63, 3.8) is 0 Å². The molecule has 212 valence electrons. The fourth-order valence-electron chi connectivity index (χ4n) is 5.93. The lowest BCUT2D eigenvalue weighted by atomic mass is 10.0. The largest absolute Gasteiger partial charge is 0.489 e. The Morgan fingerprint density at radius 1 is 1.05 bits per heavy atom. The zero-order valence-corrected chi connectivity index (χ0v) is 22.9. The van der Waals surface area contributed by atoms with Gasteiger partial charge in [0.15, 0.2) is 5.82 Å². The molecule has 3 aliphatic rings. The third-order valence-corrected chi connectivity index (χ3v) is 8.35. The van der Waals surface area contributed by atoms with Gasteiger partial charge in [-0.1, -0.05) is 30.3 Å². The Morgan fingerprint density at radius 2 is 1.83 bits per heavy atom. The number of carbonyl (C=O) groups excluding carboxylic acids is 3. The van der Waals surface area contributed by atoms with Crippen LogP contribution in [0, 0.1) is 5.82 Å². The minimum atomic E-state index is -0.658. The van der Waals surface area contributed by atoms with E-state index in [4.69, 9.17) is 4.74 Å². The Morgan fingerprint density at radius 3 is 2.56 bits per heavy atom. The molecular formula is C31H32FN5O4. The average molecular weight is 558 g/mol. The summed E-state index contributed by atoms with van der Waals surface area (Å²) in [7, 11) is 0. The van der Waals surface area contributed by atoms with Crippen LogP contribution >= 0.6 is 0 Å². The first-order valence-electron chi connectivity index (χ1n) is 14.0. The number of pyridine rings is 1. The highest BCUT2D eigenvalue weighted by Gasteiger charge is 2.40. The number of anilines is 1. The summed E-state index contributed by atoms with van der Waals surface area (Å²) in [6.45, 7) is 5.97. The Hall–Kier alpha value is -4.31. The third kappa shape index (κ3) is 5.39. The molecule has 4 heterocycles. The van der Waals surface area contributed by atoms with Crippen LogP contribution in [0.4, 0.5) is 10.1 Å². The van der Waals surface area contributed by atoms with Gasteiger partial charge in [-0.3, -0.25) is 29.6 Å². The van der Waals surface area contributed by atoms with Crippen molar-refractivity contribution in [2.45, 2.75) is 45.0 Å². The molecule has 1 unspecified atom stereocenters. The summed E-state index contributed by atoms with van der Waals surface area (Å²) >= 11 is 0. The van der Waals surface area contributed by atoms with Crippen molar-refractivity contribution in [3.8, 4) is 5.75 Å². The van der Waals surface area contributed by atoms with Crippen molar-refractivity contribution >= 4 is 23.4 Å². The van der Waals surface area contributed by atoms with Gasteiger partial charge in [0.2, 0.25) is 11.8 Å². The number of fused-ring (bicyclic) bond motifs is 1. The average Bonchev–Trinajstić information content (AvgIpc) is 3.33. The summed E-state index contributed by atoms with van der Waals surface area (Å²) in [5.41, 5.74) is 4.10. The SMILES string of the molecule is C[C@H](c1ccc(COc2cccc3c2CN(C2CCC(=O)NC2=O)C3=O)cc1)N1CCN(c2ccncc2F)CC1. The quantitative estimate of drug-likeness (QED) is 0.445. The van der Waals surface area contributed by atoms with Crippen LogP contribution in [0.25, 0.3) is 0 Å². The maximum Gasteiger partial charge on any atom is 0.255 e. The van der Waals surface area contributed by atoms with E-state index in [1.807, 2.05) is 6.07 Å². The van der Waals surface area contributed by atoms with Gasteiger partial charge in [-0.05, 0) is 42.7 Å². The molecule has 10 heteroatoms.